The van der Waals surface area contributed by atoms with Crippen molar-refractivity contribution in [1.82, 2.24) is 15.0 Å². The Balaban J connectivity index is 1.31. The summed E-state index contributed by atoms with van der Waals surface area (Å²) in [6, 6.07) is 57.9. The minimum Gasteiger partial charge on any atom is -0.246 e. The highest BCUT2D eigenvalue weighted by Crippen LogP contribution is 2.56. The van der Waals surface area contributed by atoms with Crippen molar-refractivity contribution in [2.45, 2.75) is 5.41 Å². The van der Waals surface area contributed by atoms with E-state index in [0.29, 0.717) is 5.82 Å². The number of hydrogen-bond acceptors (Lipinski definition) is 3. The van der Waals surface area contributed by atoms with Gasteiger partial charge in [-0.25, -0.2) is 15.0 Å². The maximum absolute atomic E-state index is 5.24. The van der Waals surface area contributed by atoms with Crippen LogP contribution in [-0.2, 0) is 5.41 Å². The predicted molar refractivity (Wildman–Crippen MR) is 183 cm³/mol. The van der Waals surface area contributed by atoms with E-state index in [1.54, 1.807) is 0 Å². The molecule has 0 unspecified atom stereocenters. The summed E-state index contributed by atoms with van der Waals surface area (Å²) in [5, 5.41) is 2.09. The van der Waals surface area contributed by atoms with Crippen LogP contribution >= 0.6 is 0 Å². The largest absolute Gasteiger partial charge is 0.246 e. The van der Waals surface area contributed by atoms with Crippen LogP contribution in [0.4, 0.5) is 0 Å². The van der Waals surface area contributed by atoms with Gasteiger partial charge in [-0.2, -0.15) is 0 Å². The topological polar surface area (TPSA) is 38.7 Å². The first-order chi connectivity index (χ1) is 22.3. The maximum Gasteiger partial charge on any atom is 0.160 e. The van der Waals surface area contributed by atoms with Gasteiger partial charge in [-0.15, -0.1) is 0 Å². The number of benzene rings is 6. The summed E-state index contributed by atoms with van der Waals surface area (Å²) < 4.78 is 0. The molecule has 0 saturated heterocycles. The normalized spacial score (nSPS) is 13.1. The zero-order valence-corrected chi connectivity index (χ0v) is 24.4. The monoisotopic (exact) mass is 573 g/mol. The molecule has 3 heteroatoms. The van der Waals surface area contributed by atoms with E-state index in [9.17, 15) is 0 Å². The molecule has 9 rings (SSSR count). The number of hydrogen-bond donors (Lipinski definition) is 0. The van der Waals surface area contributed by atoms with Crippen molar-refractivity contribution in [1.29, 1.82) is 0 Å². The summed E-state index contributed by atoms with van der Waals surface area (Å²) >= 11 is 0. The van der Waals surface area contributed by atoms with Gasteiger partial charge in [0.25, 0.3) is 0 Å². The minimum absolute atomic E-state index is 0.482. The first-order valence-corrected chi connectivity index (χ1v) is 15.3. The van der Waals surface area contributed by atoms with Crippen molar-refractivity contribution in [3.8, 4) is 33.9 Å². The summed E-state index contributed by atoms with van der Waals surface area (Å²) in [6.45, 7) is 0. The predicted octanol–water partition coefficient (Wildman–Crippen LogP) is 9.88. The zero-order chi connectivity index (χ0) is 29.8. The second-order valence-electron chi connectivity index (χ2n) is 11.6. The summed E-state index contributed by atoms with van der Waals surface area (Å²) in [5.41, 5.74) is 11.5. The Morgan fingerprint density at radius 3 is 1.87 bits per heavy atom. The lowest BCUT2D eigenvalue weighted by atomic mass is 9.67. The number of aromatic nitrogens is 3. The van der Waals surface area contributed by atoms with Crippen molar-refractivity contribution in [2.75, 3.05) is 0 Å². The molecule has 1 aliphatic rings. The summed E-state index contributed by atoms with van der Waals surface area (Å²) in [7, 11) is 0. The van der Waals surface area contributed by atoms with E-state index in [-0.39, 0.29) is 0 Å². The van der Waals surface area contributed by atoms with E-state index >= 15 is 0 Å². The molecule has 0 spiro atoms. The SMILES string of the molecule is c1ccc(C2(c3ccccc3)c3ccccc3-c3ccc(-c4nc(-c5ccc6ccccc6n5)c5ccccc5n4)cc32)cc1. The Morgan fingerprint density at radius 2 is 1.07 bits per heavy atom. The third kappa shape index (κ3) is 3.87. The van der Waals surface area contributed by atoms with Gasteiger partial charge in [0, 0.05) is 16.3 Å². The Bertz CT molecular complexity index is 2340. The van der Waals surface area contributed by atoms with E-state index in [0.717, 1.165) is 38.8 Å². The molecule has 210 valence electrons. The second kappa shape index (κ2) is 10.1. The third-order valence-electron chi connectivity index (χ3n) is 9.16. The zero-order valence-electron chi connectivity index (χ0n) is 24.4. The molecule has 0 radical (unpaired) electrons. The number of rotatable bonds is 4. The van der Waals surface area contributed by atoms with Crippen molar-refractivity contribution >= 4 is 21.8 Å². The van der Waals surface area contributed by atoms with Crippen LogP contribution in [0.15, 0.2) is 164 Å². The van der Waals surface area contributed by atoms with E-state index in [1.165, 1.54) is 33.4 Å². The second-order valence-corrected chi connectivity index (χ2v) is 11.6. The summed E-state index contributed by atoms with van der Waals surface area (Å²) in [5.74, 6) is 0.687. The first kappa shape index (κ1) is 25.6. The Kier molecular flexibility index (Phi) is 5.72. The average molecular weight is 574 g/mol. The molecule has 2 aromatic heterocycles. The molecule has 0 amide bonds. The summed E-state index contributed by atoms with van der Waals surface area (Å²) in [6.07, 6.45) is 0. The van der Waals surface area contributed by atoms with E-state index in [2.05, 4.69) is 133 Å². The molecule has 8 aromatic rings. The van der Waals surface area contributed by atoms with Crippen LogP contribution in [0.1, 0.15) is 22.3 Å². The van der Waals surface area contributed by atoms with Gasteiger partial charge in [-0.1, -0.05) is 140 Å². The van der Waals surface area contributed by atoms with Crippen LogP contribution in [-0.4, -0.2) is 15.0 Å². The van der Waals surface area contributed by atoms with Gasteiger partial charge >= 0.3 is 0 Å². The summed E-state index contributed by atoms with van der Waals surface area (Å²) in [4.78, 5) is 15.4. The molecule has 6 aromatic carbocycles. The smallest absolute Gasteiger partial charge is 0.160 e. The van der Waals surface area contributed by atoms with Crippen molar-refractivity contribution in [2.24, 2.45) is 0 Å². The molecule has 0 aliphatic heterocycles. The van der Waals surface area contributed by atoms with Crippen molar-refractivity contribution < 1.29 is 0 Å². The van der Waals surface area contributed by atoms with Crippen molar-refractivity contribution in [3.05, 3.63) is 186 Å². The van der Waals surface area contributed by atoms with Gasteiger partial charge in [0.2, 0.25) is 0 Å². The molecule has 0 atom stereocenters. The average Bonchev–Trinajstić information content (AvgIpc) is 3.42. The van der Waals surface area contributed by atoms with Crippen LogP contribution in [0.3, 0.4) is 0 Å². The number of nitrogens with zero attached hydrogens (tertiary/aromatic N) is 3. The van der Waals surface area contributed by atoms with Crippen LogP contribution < -0.4 is 0 Å². The maximum atomic E-state index is 5.24. The van der Waals surface area contributed by atoms with Crippen LogP contribution in [0.2, 0.25) is 0 Å². The lowest BCUT2D eigenvalue weighted by molar-refractivity contribution is 0.768. The molecule has 3 nitrogen and oxygen atoms in total. The van der Waals surface area contributed by atoms with Gasteiger partial charge in [0.05, 0.1) is 22.1 Å². The molecule has 0 bridgehead atoms. The third-order valence-corrected chi connectivity index (χ3v) is 9.16. The molecular weight excluding hydrogens is 546 g/mol. The Hall–Kier alpha value is -5.93. The van der Waals surface area contributed by atoms with Gasteiger partial charge in [0.15, 0.2) is 5.82 Å². The van der Waals surface area contributed by atoms with Crippen LogP contribution in [0.25, 0.3) is 55.7 Å². The Labute approximate surface area is 261 Å². The highest BCUT2D eigenvalue weighted by molar-refractivity contribution is 5.95. The van der Waals surface area contributed by atoms with Crippen LogP contribution in [0, 0.1) is 0 Å². The minimum atomic E-state index is -0.482. The number of fused-ring (bicyclic) bond motifs is 5. The quantitative estimate of drug-likeness (QED) is 0.210. The molecule has 0 fully saturated rings. The fraction of sp³-hybridized carbons (Fsp3) is 0.0238. The van der Waals surface area contributed by atoms with Crippen molar-refractivity contribution in [3.63, 3.8) is 0 Å². The first-order valence-electron chi connectivity index (χ1n) is 15.3. The highest BCUT2D eigenvalue weighted by atomic mass is 14.9. The van der Waals surface area contributed by atoms with Gasteiger partial charge in [-0.3, -0.25) is 0 Å². The molecule has 0 saturated carbocycles. The van der Waals surface area contributed by atoms with Gasteiger partial charge in [-0.05, 0) is 57.6 Å². The van der Waals surface area contributed by atoms with Crippen LogP contribution in [0.5, 0.6) is 0 Å². The fourth-order valence-corrected chi connectivity index (χ4v) is 7.18. The molecule has 0 N–H and O–H groups in total. The lowest BCUT2D eigenvalue weighted by Gasteiger charge is -2.34. The van der Waals surface area contributed by atoms with E-state index < -0.39 is 5.41 Å². The number of para-hydroxylation sites is 2. The molecule has 2 heterocycles. The molecular formula is C42H27N3. The van der Waals surface area contributed by atoms with E-state index in [4.69, 9.17) is 15.0 Å². The Morgan fingerprint density at radius 1 is 0.422 bits per heavy atom. The van der Waals surface area contributed by atoms with E-state index in [1.807, 2.05) is 30.3 Å². The van der Waals surface area contributed by atoms with Gasteiger partial charge in [0.1, 0.15) is 5.69 Å². The molecule has 1 aliphatic carbocycles. The highest BCUT2D eigenvalue weighted by Gasteiger charge is 2.46. The number of pyridine rings is 1. The standard InChI is InChI=1S/C42H27N3/c1-3-14-30(15-4-1)42(31-16-5-2-6-17-31)35-20-10-8-18-32(35)33-25-23-29(27-36(33)42)41-44-38-22-12-9-19-34(38)40(45-41)39-26-24-28-13-7-11-21-37(28)43-39/h1-27H. The molecule has 45 heavy (non-hydrogen) atoms. The fourth-order valence-electron chi connectivity index (χ4n) is 7.18. The van der Waals surface area contributed by atoms with Gasteiger partial charge < -0.3 is 0 Å². The lowest BCUT2D eigenvalue weighted by Crippen LogP contribution is -2.28.